The summed E-state index contributed by atoms with van der Waals surface area (Å²) in [5.41, 5.74) is 0.882. The van der Waals surface area contributed by atoms with E-state index in [1.807, 2.05) is 13.0 Å². The van der Waals surface area contributed by atoms with Crippen LogP contribution in [0.15, 0.2) is 24.3 Å². The van der Waals surface area contributed by atoms with Crippen LogP contribution in [0.1, 0.15) is 30.5 Å². The molecule has 0 unspecified atom stereocenters. The summed E-state index contributed by atoms with van der Waals surface area (Å²) in [4.78, 5) is 11.1. The molecule has 158 valence electrons. The van der Waals surface area contributed by atoms with Crippen molar-refractivity contribution in [1.82, 2.24) is 14.7 Å². The average molecular weight is 426 g/mol. The summed E-state index contributed by atoms with van der Waals surface area (Å²) in [6, 6.07) is 4.65. The smallest absolute Gasteiger partial charge is 0.224 e. The molecule has 0 amide bonds. The van der Waals surface area contributed by atoms with Gasteiger partial charge in [-0.2, -0.15) is 4.98 Å². The van der Waals surface area contributed by atoms with Gasteiger partial charge in [0.05, 0.1) is 5.75 Å². The maximum absolute atomic E-state index is 13.2. The highest BCUT2D eigenvalue weighted by atomic mass is 32.2. The number of hydrogen-bond donors (Lipinski definition) is 2. The average Bonchev–Trinajstić information content (AvgIpc) is 2.64. The van der Waals surface area contributed by atoms with E-state index >= 15 is 0 Å². The zero-order valence-corrected chi connectivity index (χ0v) is 17.1. The van der Waals surface area contributed by atoms with Crippen molar-refractivity contribution in [1.29, 1.82) is 0 Å². The van der Waals surface area contributed by atoms with Crippen LogP contribution < -0.4 is 14.9 Å². The minimum Gasteiger partial charge on any atom is -0.356 e. The minimum absolute atomic E-state index is 0.0520. The molecular formula is C19H25F2N5O2S. The summed E-state index contributed by atoms with van der Waals surface area (Å²) < 4.78 is 53.1. The predicted molar refractivity (Wildman–Crippen MR) is 108 cm³/mol. The van der Waals surface area contributed by atoms with Gasteiger partial charge in [-0.3, -0.25) is 0 Å². The molecule has 1 aliphatic heterocycles. The van der Waals surface area contributed by atoms with E-state index in [4.69, 9.17) is 0 Å². The summed E-state index contributed by atoms with van der Waals surface area (Å²) >= 11 is 0. The molecule has 1 aromatic carbocycles. The molecule has 0 saturated carbocycles. The molecule has 0 spiro atoms. The molecule has 2 heterocycles. The lowest BCUT2D eigenvalue weighted by atomic mass is 10.1. The number of nitrogens with one attached hydrogen (secondary N) is 2. The quantitative estimate of drug-likeness (QED) is 0.632. The maximum atomic E-state index is 13.2. The summed E-state index contributed by atoms with van der Waals surface area (Å²) in [6.07, 6.45) is 3.51. The van der Waals surface area contributed by atoms with Crippen molar-refractivity contribution in [2.75, 3.05) is 36.4 Å². The van der Waals surface area contributed by atoms with Crippen molar-refractivity contribution in [3.05, 3.63) is 47.2 Å². The molecule has 1 saturated heterocycles. The lowest BCUT2D eigenvalue weighted by Crippen LogP contribution is -2.31. The molecule has 1 aromatic heterocycles. The third-order valence-electron chi connectivity index (χ3n) is 4.53. The van der Waals surface area contributed by atoms with Gasteiger partial charge in [-0.15, -0.1) is 0 Å². The molecule has 29 heavy (non-hydrogen) atoms. The third kappa shape index (κ3) is 6.60. The van der Waals surface area contributed by atoms with Gasteiger partial charge < -0.3 is 10.2 Å². The third-order valence-corrected chi connectivity index (χ3v) is 5.89. The van der Waals surface area contributed by atoms with Crippen LogP contribution in [0.5, 0.6) is 0 Å². The van der Waals surface area contributed by atoms with Gasteiger partial charge in [0.1, 0.15) is 17.5 Å². The van der Waals surface area contributed by atoms with Crippen LogP contribution in [0.25, 0.3) is 0 Å². The number of halogens is 2. The Labute approximate surface area is 169 Å². The first-order chi connectivity index (χ1) is 13.8. The first-order valence-electron chi connectivity index (χ1n) is 9.57. The van der Waals surface area contributed by atoms with E-state index in [1.165, 1.54) is 6.42 Å². The Morgan fingerprint density at radius 2 is 1.69 bits per heavy atom. The number of hydrogen-bond acceptors (Lipinski definition) is 6. The molecule has 1 aliphatic rings. The fraction of sp³-hybridized carbons (Fsp3) is 0.474. The molecule has 1 fully saturated rings. The van der Waals surface area contributed by atoms with E-state index < -0.39 is 27.4 Å². The van der Waals surface area contributed by atoms with Crippen molar-refractivity contribution in [2.24, 2.45) is 0 Å². The number of nitrogens with zero attached hydrogens (tertiary/aromatic N) is 3. The van der Waals surface area contributed by atoms with Gasteiger partial charge >= 0.3 is 0 Å². The molecule has 0 bridgehead atoms. The molecule has 0 radical (unpaired) electrons. The topological polar surface area (TPSA) is 87.2 Å². The summed E-state index contributed by atoms with van der Waals surface area (Å²) in [6.45, 7) is 4.20. The highest BCUT2D eigenvalue weighted by Gasteiger charge is 2.15. The number of benzene rings is 1. The Morgan fingerprint density at radius 1 is 1.00 bits per heavy atom. The molecule has 7 nitrogen and oxygen atoms in total. The van der Waals surface area contributed by atoms with Crippen LogP contribution in [-0.2, 0) is 15.8 Å². The van der Waals surface area contributed by atoms with Crippen LogP contribution in [0.2, 0.25) is 0 Å². The lowest BCUT2D eigenvalue weighted by molar-refractivity contribution is 0.573. The molecular weight excluding hydrogens is 400 g/mol. The number of piperidine rings is 1. The summed E-state index contributed by atoms with van der Waals surface area (Å²) in [7, 11) is -3.73. The zero-order chi connectivity index (χ0) is 20.9. The Kier molecular flexibility index (Phi) is 6.96. The van der Waals surface area contributed by atoms with Gasteiger partial charge in [0.15, 0.2) is 0 Å². The fourth-order valence-corrected chi connectivity index (χ4v) is 4.38. The van der Waals surface area contributed by atoms with E-state index in [9.17, 15) is 17.2 Å². The van der Waals surface area contributed by atoms with Gasteiger partial charge in [0.25, 0.3) is 0 Å². The second-order valence-electron chi connectivity index (χ2n) is 7.10. The lowest BCUT2D eigenvalue weighted by Gasteiger charge is -2.28. The molecule has 10 heteroatoms. The first kappa shape index (κ1) is 21.4. The van der Waals surface area contributed by atoms with Crippen LogP contribution in [0.4, 0.5) is 20.5 Å². The van der Waals surface area contributed by atoms with Crippen molar-refractivity contribution < 1.29 is 17.2 Å². The van der Waals surface area contributed by atoms with E-state index in [0.717, 1.165) is 49.6 Å². The van der Waals surface area contributed by atoms with Crippen LogP contribution in [0.3, 0.4) is 0 Å². The molecule has 2 aromatic rings. The number of anilines is 2. The van der Waals surface area contributed by atoms with E-state index in [0.29, 0.717) is 12.0 Å². The summed E-state index contributed by atoms with van der Waals surface area (Å²) in [5.74, 6) is -0.803. The highest BCUT2D eigenvalue weighted by Crippen LogP contribution is 2.19. The van der Waals surface area contributed by atoms with Gasteiger partial charge in [0, 0.05) is 44.0 Å². The van der Waals surface area contributed by atoms with Gasteiger partial charge in [-0.25, -0.2) is 26.9 Å². The fourth-order valence-electron chi connectivity index (χ4n) is 3.26. The van der Waals surface area contributed by atoms with Crippen LogP contribution in [0, 0.1) is 18.6 Å². The van der Waals surface area contributed by atoms with Gasteiger partial charge in [-0.05, 0) is 43.9 Å². The van der Waals surface area contributed by atoms with E-state index in [1.54, 1.807) is 0 Å². The second-order valence-corrected chi connectivity index (χ2v) is 8.90. The SMILES string of the molecule is Cc1cc(N2CCCCC2)nc(NCCNS(=O)(=O)Cc2cc(F)cc(F)c2)n1. The largest absolute Gasteiger partial charge is 0.356 e. The molecule has 3 rings (SSSR count). The number of sulfonamides is 1. The van der Waals surface area contributed by atoms with Gasteiger partial charge in [0.2, 0.25) is 16.0 Å². The predicted octanol–water partition coefficient (Wildman–Crippen LogP) is 2.59. The van der Waals surface area contributed by atoms with Crippen LogP contribution >= 0.6 is 0 Å². The molecule has 2 N–H and O–H groups in total. The van der Waals surface area contributed by atoms with Crippen molar-refractivity contribution in [3.63, 3.8) is 0 Å². The number of aryl methyl sites for hydroxylation is 1. The Balaban J connectivity index is 1.52. The Bertz CT molecular complexity index is 929. The van der Waals surface area contributed by atoms with E-state index in [-0.39, 0.29) is 18.7 Å². The van der Waals surface area contributed by atoms with Crippen molar-refractivity contribution in [2.45, 2.75) is 31.9 Å². The van der Waals surface area contributed by atoms with Crippen LogP contribution in [-0.4, -0.2) is 44.6 Å². The summed E-state index contributed by atoms with van der Waals surface area (Å²) in [5, 5.41) is 3.02. The Morgan fingerprint density at radius 3 is 2.38 bits per heavy atom. The van der Waals surface area contributed by atoms with E-state index in [2.05, 4.69) is 24.9 Å². The molecule has 0 aliphatic carbocycles. The Hall–Kier alpha value is -2.33. The van der Waals surface area contributed by atoms with Crippen molar-refractivity contribution in [3.8, 4) is 0 Å². The molecule has 0 atom stereocenters. The first-order valence-corrected chi connectivity index (χ1v) is 11.2. The minimum atomic E-state index is -3.73. The maximum Gasteiger partial charge on any atom is 0.224 e. The zero-order valence-electron chi connectivity index (χ0n) is 16.3. The standard InChI is InChI=1S/C19H25F2N5O2S/c1-14-9-18(26-7-3-2-4-8-26)25-19(24-14)22-5-6-23-29(27,28)13-15-10-16(20)12-17(21)11-15/h9-12,23H,2-8,13H2,1H3,(H,22,24,25). The number of rotatable bonds is 8. The van der Waals surface area contributed by atoms with Crippen molar-refractivity contribution >= 4 is 21.8 Å². The highest BCUT2D eigenvalue weighted by molar-refractivity contribution is 7.88. The normalized spacial score (nSPS) is 14.8. The van der Waals surface area contributed by atoms with Gasteiger partial charge in [-0.1, -0.05) is 0 Å². The number of aromatic nitrogens is 2. The monoisotopic (exact) mass is 425 g/mol. The second kappa shape index (κ2) is 9.45.